The maximum Gasteiger partial charge on any atom is 0.266 e. The normalized spacial score (nSPS) is 12.2. The van der Waals surface area contributed by atoms with Gasteiger partial charge in [0.15, 0.2) is 8.32 Å². The first kappa shape index (κ1) is 73.5. The van der Waals surface area contributed by atoms with E-state index in [9.17, 15) is 10.5 Å². The van der Waals surface area contributed by atoms with Crippen molar-refractivity contribution in [3.8, 4) is 41.4 Å². The van der Waals surface area contributed by atoms with E-state index in [0.29, 0.717) is 9.76 Å². The number of thioether (sulfide) groups is 4. The minimum Gasteiger partial charge on any atom is -0.456 e. The molecule has 0 fully saturated rings. The van der Waals surface area contributed by atoms with Gasteiger partial charge in [-0.3, -0.25) is 0 Å². The van der Waals surface area contributed by atoms with Gasteiger partial charge in [-0.25, -0.2) is 20.2 Å². The molecule has 0 bridgehead atoms. The van der Waals surface area contributed by atoms with Crippen LogP contribution >= 0.6 is 92.4 Å². The van der Waals surface area contributed by atoms with Crippen LogP contribution < -0.4 is 0 Å². The van der Waals surface area contributed by atoms with Crippen molar-refractivity contribution in [3.63, 3.8) is 0 Å². The molecule has 83 heavy (non-hydrogen) atoms. The summed E-state index contributed by atoms with van der Waals surface area (Å²) < 4.78 is 6.54. The summed E-state index contributed by atoms with van der Waals surface area (Å²) in [6.45, 7) is 24.7. The van der Waals surface area contributed by atoms with E-state index < -0.39 is 8.32 Å². The monoisotopic (exact) mass is 1300 g/mol. The smallest absolute Gasteiger partial charge is 0.266 e. The zero-order chi connectivity index (χ0) is 59.3. The summed E-state index contributed by atoms with van der Waals surface area (Å²) in [5, 5.41) is 19.7. The van der Waals surface area contributed by atoms with Crippen LogP contribution in [0.1, 0.15) is 216 Å². The number of thiophene rings is 4. The molecule has 2 radical (unpaired) electrons. The lowest BCUT2D eigenvalue weighted by Crippen LogP contribution is -2.31. The molecule has 454 valence electrons. The summed E-state index contributed by atoms with van der Waals surface area (Å²) in [7, 11) is -0.884. The number of hydrogen-bond acceptors (Lipinski definition) is 11. The standard InChI is InChI=1S/C68H100N4OS8Si2/c1-7-9-11-13-25-31-45-74-47-49-76-51-52-77-50-48-75-46-32-26-21-17-14-15-18-22-27-33-53-82-73-83(5,6)54-34-28-23-19-16-20-24-30-36-58(60(56-70)72-4)62-38-40-64(79-62)66-42-44-68(81-66)67-43-41-65(80-67)63-39-37-61(78-63)57(59(55-69)71-3)35-29-12-10-8-2/h37-44H,7-36,45-54H2,1-2,5-6H3/b59-57-,60-58+. The van der Waals surface area contributed by atoms with E-state index in [4.69, 9.17) is 17.3 Å². The molecule has 0 saturated carbocycles. The van der Waals surface area contributed by atoms with Crippen LogP contribution in [0, 0.1) is 35.8 Å². The van der Waals surface area contributed by atoms with Crippen molar-refractivity contribution in [1.29, 1.82) is 10.5 Å². The molecule has 5 nitrogen and oxygen atoms in total. The SMILES string of the molecule is [C-]#[N+]/C(C#N)=C(/CCCCCC)c1ccc(-c2ccc(-c3ccc(-c4ccc(/C(CCCCCCCCCC[Si](C)(C)O[Si]CCCCCCCCCCCCSCCSCCSCCSCCCCCCCC)=C(\C#N)[N+]#[C-])s4)s3)s2)s1. The average molecular weight is 1300 g/mol. The van der Waals surface area contributed by atoms with Crippen LogP contribution in [-0.2, 0) is 4.12 Å². The molecule has 4 heterocycles. The van der Waals surface area contributed by atoms with Gasteiger partial charge in [0.25, 0.3) is 11.4 Å². The largest absolute Gasteiger partial charge is 0.456 e. The fourth-order valence-corrected chi connectivity index (χ4v) is 22.8. The van der Waals surface area contributed by atoms with Crippen molar-refractivity contribution in [2.75, 3.05) is 46.0 Å². The van der Waals surface area contributed by atoms with Crippen LogP contribution in [0.25, 0.3) is 50.1 Å². The molecule has 0 unspecified atom stereocenters. The number of nitriles is 2. The third-order valence-electron chi connectivity index (χ3n) is 14.9. The highest BCUT2D eigenvalue weighted by Gasteiger charge is 2.22. The van der Waals surface area contributed by atoms with E-state index in [1.165, 1.54) is 225 Å². The Hall–Kier alpha value is -1.97. The van der Waals surface area contributed by atoms with Gasteiger partial charge in [-0.1, -0.05) is 181 Å². The van der Waals surface area contributed by atoms with E-state index in [1.807, 2.05) is 0 Å². The fraction of sp³-hybridized carbons (Fsp3) is 0.647. The van der Waals surface area contributed by atoms with Crippen molar-refractivity contribution in [2.24, 2.45) is 0 Å². The lowest BCUT2D eigenvalue weighted by atomic mass is 10.0. The molecule has 0 spiro atoms. The van der Waals surface area contributed by atoms with E-state index in [-0.39, 0.29) is 11.4 Å². The van der Waals surface area contributed by atoms with Crippen LogP contribution in [-0.4, -0.2) is 64.1 Å². The van der Waals surface area contributed by atoms with Crippen LogP contribution in [0.4, 0.5) is 0 Å². The van der Waals surface area contributed by atoms with Crippen LogP contribution in [0.5, 0.6) is 0 Å². The zero-order valence-electron chi connectivity index (χ0n) is 51.4. The first-order valence-electron chi connectivity index (χ1n) is 31.9. The van der Waals surface area contributed by atoms with Gasteiger partial charge in [-0.15, -0.1) is 45.3 Å². The van der Waals surface area contributed by atoms with Crippen molar-refractivity contribution in [1.82, 2.24) is 0 Å². The number of unbranched alkanes of at least 4 members (excludes halogenated alkanes) is 24. The molecule has 0 aliphatic carbocycles. The Kier molecular flexibility index (Phi) is 42.5. The predicted molar refractivity (Wildman–Crippen MR) is 386 cm³/mol. The van der Waals surface area contributed by atoms with Gasteiger partial charge in [-0.2, -0.15) is 47.0 Å². The molecule has 0 aliphatic heterocycles. The fourth-order valence-electron chi connectivity index (χ4n) is 10.0. The molecule has 0 atom stereocenters. The van der Waals surface area contributed by atoms with Crippen molar-refractivity contribution in [2.45, 2.75) is 232 Å². The lowest BCUT2D eigenvalue weighted by Gasteiger charge is -2.22. The third kappa shape index (κ3) is 32.2. The second-order valence-electron chi connectivity index (χ2n) is 22.4. The van der Waals surface area contributed by atoms with Crippen molar-refractivity contribution >= 4 is 122 Å². The Morgan fingerprint density at radius 1 is 0.434 bits per heavy atom. The quantitative estimate of drug-likeness (QED) is 0.0189. The summed E-state index contributed by atoms with van der Waals surface area (Å²) in [5.74, 6) is 10.7. The minimum atomic E-state index is -1.57. The van der Waals surface area contributed by atoms with Crippen LogP contribution in [0.2, 0.25) is 25.2 Å². The Balaban J connectivity index is 0.966. The molecular formula is C68H100N4OS8Si2. The Bertz CT molecular complexity index is 2530. The van der Waals surface area contributed by atoms with Gasteiger partial charge in [-0.05, 0) is 122 Å². The maximum atomic E-state index is 9.95. The minimum absolute atomic E-state index is 0.213. The highest BCUT2D eigenvalue weighted by molar-refractivity contribution is 8.05. The van der Waals surface area contributed by atoms with Gasteiger partial charge >= 0.3 is 0 Å². The number of rotatable bonds is 52. The lowest BCUT2D eigenvalue weighted by molar-refractivity contribution is 0.545. The Labute approximate surface area is 543 Å². The second kappa shape index (κ2) is 48.0. The summed E-state index contributed by atoms with van der Waals surface area (Å²) in [6.07, 6.45) is 38.2. The second-order valence-corrected chi connectivity index (χ2v) is 37.3. The van der Waals surface area contributed by atoms with Crippen molar-refractivity contribution < 1.29 is 4.12 Å². The van der Waals surface area contributed by atoms with Gasteiger partial charge in [0.1, 0.15) is 0 Å². The highest BCUT2D eigenvalue weighted by atomic mass is 32.2. The zero-order valence-corrected chi connectivity index (χ0v) is 59.9. The Morgan fingerprint density at radius 3 is 1.13 bits per heavy atom. The van der Waals surface area contributed by atoms with Crippen molar-refractivity contribution in [3.05, 3.63) is 92.5 Å². The predicted octanol–water partition coefficient (Wildman–Crippen LogP) is 25.2. The molecule has 4 rings (SSSR count). The Morgan fingerprint density at radius 2 is 0.747 bits per heavy atom. The maximum absolute atomic E-state index is 9.95. The highest BCUT2D eigenvalue weighted by Crippen LogP contribution is 2.45. The summed E-state index contributed by atoms with van der Waals surface area (Å²) in [6, 6.07) is 24.1. The molecule has 0 N–H and O–H groups in total. The van der Waals surface area contributed by atoms with Gasteiger partial charge in [0, 0.05) is 73.5 Å². The molecular weight excluding hydrogens is 1200 g/mol. The van der Waals surface area contributed by atoms with Gasteiger partial charge in [0.05, 0.1) is 25.3 Å². The molecule has 0 aliphatic rings. The molecule has 15 heteroatoms. The van der Waals surface area contributed by atoms with E-state index >= 15 is 0 Å². The molecule has 4 aromatic heterocycles. The molecule has 4 aromatic rings. The van der Waals surface area contributed by atoms with Crippen LogP contribution in [0.3, 0.4) is 0 Å². The summed E-state index contributed by atoms with van der Waals surface area (Å²) in [5.41, 5.74) is 2.21. The summed E-state index contributed by atoms with van der Waals surface area (Å²) >= 11 is 15.6. The van der Waals surface area contributed by atoms with Crippen LogP contribution in [0.15, 0.2) is 59.9 Å². The number of allylic oxidation sites excluding steroid dienone is 4. The van der Waals surface area contributed by atoms with E-state index in [0.717, 1.165) is 75.6 Å². The van der Waals surface area contributed by atoms with E-state index in [2.05, 4.69) is 144 Å². The first-order valence-corrected chi connectivity index (χ1v) is 44.0. The first-order chi connectivity index (χ1) is 40.8. The molecule has 0 saturated heterocycles. The topological polar surface area (TPSA) is 65.5 Å². The summed E-state index contributed by atoms with van der Waals surface area (Å²) in [4.78, 5) is 16.4. The number of nitrogens with zero attached hydrogens (tertiary/aromatic N) is 4. The number of hydrogen-bond donors (Lipinski definition) is 0. The average Bonchev–Trinajstić information content (AvgIpc) is 4.40. The molecule has 0 aromatic carbocycles. The molecule has 0 amide bonds. The van der Waals surface area contributed by atoms with Gasteiger partial charge < -0.3 is 4.12 Å². The third-order valence-corrected chi connectivity index (χ3v) is 29.8. The van der Waals surface area contributed by atoms with E-state index in [1.54, 1.807) is 45.3 Å². The van der Waals surface area contributed by atoms with Gasteiger partial charge in [0.2, 0.25) is 9.76 Å².